The van der Waals surface area contributed by atoms with Gasteiger partial charge in [-0.05, 0) is 36.4 Å². The highest BCUT2D eigenvalue weighted by atomic mass is 79.9. The predicted molar refractivity (Wildman–Crippen MR) is 127 cm³/mol. The molecule has 2 aliphatic heterocycles. The fraction of sp³-hybridized carbons (Fsp3) is 0.125. The number of hydrogen-bond donors (Lipinski definition) is 1. The Kier molecular flexibility index (Phi) is 5.75. The third kappa shape index (κ3) is 4.06. The molecule has 0 amide bonds. The number of nitrogens with two attached hydrogens (primary N) is 1. The quantitative estimate of drug-likeness (QED) is 0.415. The van der Waals surface area contributed by atoms with Crippen molar-refractivity contribution in [3.8, 4) is 29.1 Å². The summed E-state index contributed by atoms with van der Waals surface area (Å²) in [4.78, 5) is 0. The molecule has 0 aromatic heterocycles. The SMILES string of the molecule is N#CC1=C(N)Oc2cc3c(cc2[C@H]1c1cc(Br)ccc1OCc1ccc(Cl)cc1Cl)OCO3. The molecule has 33 heavy (non-hydrogen) atoms. The molecular formula is C24H15BrCl2N2O4. The van der Waals surface area contributed by atoms with Gasteiger partial charge in [-0.25, -0.2) is 0 Å². The summed E-state index contributed by atoms with van der Waals surface area (Å²) in [6.45, 7) is 0.326. The second kappa shape index (κ2) is 8.71. The van der Waals surface area contributed by atoms with Gasteiger partial charge in [0.05, 0.1) is 5.92 Å². The first-order chi connectivity index (χ1) is 15.9. The number of nitrogens with zero attached hydrogens (tertiary/aromatic N) is 1. The van der Waals surface area contributed by atoms with Crippen LogP contribution in [0.2, 0.25) is 10.0 Å². The van der Waals surface area contributed by atoms with E-state index in [-0.39, 0.29) is 24.9 Å². The Morgan fingerprint density at radius 1 is 1.03 bits per heavy atom. The molecule has 3 aromatic carbocycles. The highest BCUT2D eigenvalue weighted by Crippen LogP contribution is 2.50. The van der Waals surface area contributed by atoms with Crippen molar-refractivity contribution in [2.45, 2.75) is 12.5 Å². The third-order valence-electron chi connectivity index (χ3n) is 5.39. The van der Waals surface area contributed by atoms with Crippen LogP contribution in [-0.4, -0.2) is 6.79 Å². The summed E-state index contributed by atoms with van der Waals surface area (Å²) in [5, 5.41) is 11.0. The number of allylic oxidation sites excluding steroid dienone is 1. The molecule has 0 saturated heterocycles. The van der Waals surface area contributed by atoms with Gasteiger partial charge >= 0.3 is 0 Å². The molecule has 9 heteroatoms. The van der Waals surface area contributed by atoms with Crippen LogP contribution in [0.3, 0.4) is 0 Å². The molecule has 2 heterocycles. The number of fused-ring (bicyclic) bond motifs is 2. The minimum Gasteiger partial charge on any atom is -0.489 e. The van der Waals surface area contributed by atoms with Gasteiger partial charge in [0.1, 0.15) is 29.7 Å². The average Bonchev–Trinajstić information content (AvgIpc) is 3.24. The molecule has 1 atom stereocenters. The van der Waals surface area contributed by atoms with Gasteiger partial charge in [-0.2, -0.15) is 5.26 Å². The number of benzene rings is 3. The summed E-state index contributed by atoms with van der Waals surface area (Å²) in [6, 6.07) is 16.5. The van der Waals surface area contributed by atoms with E-state index in [4.69, 9.17) is 47.9 Å². The van der Waals surface area contributed by atoms with Crippen molar-refractivity contribution < 1.29 is 18.9 Å². The van der Waals surface area contributed by atoms with Gasteiger partial charge in [-0.15, -0.1) is 0 Å². The van der Waals surface area contributed by atoms with Crippen LogP contribution in [0.5, 0.6) is 23.0 Å². The molecule has 3 aromatic rings. The molecule has 0 unspecified atom stereocenters. The van der Waals surface area contributed by atoms with Crippen molar-refractivity contribution in [2.24, 2.45) is 5.73 Å². The van der Waals surface area contributed by atoms with Crippen molar-refractivity contribution >= 4 is 39.1 Å². The smallest absolute Gasteiger partial charge is 0.231 e. The molecular weight excluding hydrogens is 531 g/mol. The maximum absolute atomic E-state index is 9.94. The lowest BCUT2D eigenvalue weighted by Gasteiger charge is -2.28. The first-order valence-corrected chi connectivity index (χ1v) is 11.4. The summed E-state index contributed by atoms with van der Waals surface area (Å²) in [7, 11) is 0. The van der Waals surface area contributed by atoms with Gasteiger partial charge in [-0.3, -0.25) is 0 Å². The molecule has 2 N–H and O–H groups in total. The van der Waals surface area contributed by atoms with Gasteiger partial charge in [-0.1, -0.05) is 45.2 Å². The molecule has 2 aliphatic rings. The molecule has 0 bridgehead atoms. The van der Waals surface area contributed by atoms with E-state index >= 15 is 0 Å². The lowest BCUT2D eigenvalue weighted by Crippen LogP contribution is -2.21. The van der Waals surface area contributed by atoms with Crippen LogP contribution in [0.4, 0.5) is 0 Å². The van der Waals surface area contributed by atoms with Crippen molar-refractivity contribution in [1.29, 1.82) is 5.26 Å². The van der Waals surface area contributed by atoms with Crippen LogP contribution < -0.4 is 24.7 Å². The number of nitriles is 1. The van der Waals surface area contributed by atoms with Gasteiger partial charge in [0, 0.05) is 37.3 Å². The molecule has 0 aliphatic carbocycles. The van der Waals surface area contributed by atoms with Crippen LogP contribution >= 0.6 is 39.1 Å². The summed E-state index contributed by atoms with van der Waals surface area (Å²) in [6.07, 6.45) is 0. The minimum atomic E-state index is -0.540. The average molecular weight is 546 g/mol. The molecule has 0 radical (unpaired) electrons. The van der Waals surface area contributed by atoms with Crippen molar-refractivity contribution in [2.75, 3.05) is 6.79 Å². The zero-order valence-electron chi connectivity index (χ0n) is 16.9. The van der Waals surface area contributed by atoms with Crippen LogP contribution in [0.25, 0.3) is 0 Å². The standard InChI is InChI=1S/C24H15BrCl2N2O4/c25-13-2-4-19(30-10-12-1-3-14(26)6-18(12)27)15(5-13)23-16-7-21-22(32-11-31-21)8-20(16)33-24(29)17(23)9-28/h1-8,23H,10-11,29H2/t23-/m1/s1. The Morgan fingerprint density at radius 3 is 2.58 bits per heavy atom. The lowest BCUT2D eigenvalue weighted by atomic mass is 9.83. The summed E-state index contributed by atoms with van der Waals surface area (Å²) >= 11 is 15.8. The zero-order chi connectivity index (χ0) is 23.1. The van der Waals surface area contributed by atoms with E-state index in [0.717, 1.165) is 21.2 Å². The zero-order valence-corrected chi connectivity index (χ0v) is 20.0. The first-order valence-electron chi connectivity index (χ1n) is 9.82. The van der Waals surface area contributed by atoms with Crippen molar-refractivity contribution in [3.63, 3.8) is 0 Å². The summed E-state index contributed by atoms with van der Waals surface area (Å²) < 4.78 is 23.8. The second-order valence-corrected chi connectivity index (χ2v) is 9.13. The monoisotopic (exact) mass is 544 g/mol. The Bertz CT molecular complexity index is 1350. The van der Waals surface area contributed by atoms with Gasteiger partial charge < -0.3 is 24.7 Å². The Balaban J connectivity index is 1.60. The molecule has 6 nitrogen and oxygen atoms in total. The number of hydrogen-bond acceptors (Lipinski definition) is 6. The summed E-state index contributed by atoms with van der Waals surface area (Å²) in [5.74, 6) is 1.68. The highest BCUT2D eigenvalue weighted by Gasteiger charge is 2.35. The second-order valence-electron chi connectivity index (χ2n) is 7.37. The fourth-order valence-electron chi connectivity index (χ4n) is 3.84. The van der Waals surface area contributed by atoms with Gasteiger partial charge in [0.25, 0.3) is 0 Å². The Morgan fingerprint density at radius 2 is 1.82 bits per heavy atom. The van der Waals surface area contributed by atoms with Gasteiger partial charge in [0.2, 0.25) is 12.7 Å². The van der Waals surface area contributed by atoms with E-state index in [9.17, 15) is 5.26 Å². The maximum atomic E-state index is 9.94. The van der Waals surface area contributed by atoms with Crippen LogP contribution in [-0.2, 0) is 6.61 Å². The lowest BCUT2D eigenvalue weighted by molar-refractivity contribution is 0.174. The molecule has 0 fully saturated rings. The van der Waals surface area contributed by atoms with E-state index < -0.39 is 5.92 Å². The molecule has 0 spiro atoms. The number of ether oxygens (including phenoxy) is 4. The van der Waals surface area contributed by atoms with Crippen LogP contribution in [0.1, 0.15) is 22.6 Å². The van der Waals surface area contributed by atoms with Crippen molar-refractivity contribution in [1.82, 2.24) is 0 Å². The van der Waals surface area contributed by atoms with E-state index in [2.05, 4.69) is 22.0 Å². The highest BCUT2D eigenvalue weighted by molar-refractivity contribution is 9.10. The number of rotatable bonds is 4. The minimum absolute atomic E-state index is 0.0283. The van der Waals surface area contributed by atoms with E-state index in [0.29, 0.717) is 33.0 Å². The predicted octanol–water partition coefficient (Wildman–Crippen LogP) is 6.28. The van der Waals surface area contributed by atoms with Crippen LogP contribution in [0.15, 0.2) is 64.5 Å². The fourth-order valence-corrected chi connectivity index (χ4v) is 4.68. The van der Waals surface area contributed by atoms with Gasteiger partial charge in [0.15, 0.2) is 11.5 Å². The first kappa shape index (κ1) is 21.8. The van der Waals surface area contributed by atoms with E-state index in [1.165, 1.54) is 0 Å². The summed E-state index contributed by atoms with van der Waals surface area (Å²) in [5.41, 5.74) is 8.65. The number of halogens is 3. The maximum Gasteiger partial charge on any atom is 0.231 e. The third-order valence-corrected chi connectivity index (χ3v) is 6.47. The molecule has 5 rings (SSSR count). The molecule has 0 saturated carbocycles. The topological polar surface area (TPSA) is 86.7 Å². The van der Waals surface area contributed by atoms with E-state index in [1.54, 1.807) is 18.2 Å². The molecule has 166 valence electrons. The Hall–Kier alpha value is -3.05. The largest absolute Gasteiger partial charge is 0.489 e. The Labute approximate surface area is 208 Å². The normalized spacial score (nSPS) is 16.1. The van der Waals surface area contributed by atoms with Crippen molar-refractivity contribution in [3.05, 3.63) is 91.2 Å². The van der Waals surface area contributed by atoms with Crippen LogP contribution in [0, 0.1) is 11.3 Å². The van der Waals surface area contributed by atoms with E-state index in [1.807, 2.05) is 30.3 Å².